The molecule has 0 aliphatic rings. The molecule has 1 heterocycles. The number of aliphatic hydroxyl groups is 2. The number of carboxylic acids is 2. The van der Waals surface area contributed by atoms with Crippen LogP contribution in [0.4, 0.5) is 0 Å². The minimum Gasteiger partial charge on any atom is -0.479 e. The van der Waals surface area contributed by atoms with Crippen LogP contribution in [0.3, 0.4) is 0 Å². The normalized spacial score (nSPS) is 12.8. The Balaban J connectivity index is 0.000000318. The Kier molecular flexibility index (Phi) is 6.14. The van der Waals surface area contributed by atoms with E-state index in [2.05, 4.69) is 10.2 Å². The molecular weight excluding hydrogens is 236 g/mol. The van der Waals surface area contributed by atoms with Crippen LogP contribution < -0.4 is 5.56 Å². The number of hydrogen-bond donors (Lipinski definition) is 5. The Labute approximate surface area is 94.0 Å². The molecule has 0 aromatic carbocycles. The smallest absolute Gasteiger partial charge is 0.335 e. The average Bonchev–Trinajstić information content (AvgIpc) is 2.28. The maximum absolute atomic E-state index is 10.2. The van der Waals surface area contributed by atoms with Crippen molar-refractivity contribution in [2.45, 2.75) is 12.2 Å². The summed E-state index contributed by atoms with van der Waals surface area (Å²) in [6, 6.07) is 2.99. The fourth-order valence-corrected chi connectivity index (χ4v) is 0.582. The number of aliphatic carboxylic acids is 2. The van der Waals surface area contributed by atoms with Gasteiger partial charge in [-0.3, -0.25) is 4.79 Å². The fraction of sp³-hybridized carbons (Fsp3) is 0.250. The molecule has 1 rings (SSSR count). The maximum Gasteiger partial charge on any atom is 0.335 e. The molecule has 0 spiro atoms. The maximum atomic E-state index is 10.2. The van der Waals surface area contributed by atoms with Crippen molar-refractivity contribution in [2.24, 2.45) is 0 Å². The third kappa shape index (κ3) is 6.02. The van der Waals surface area contributed by atoms with Gasteiger partial charge in [-0.25, -0.2) is 14.7 Å². The molecule has 0 bridgehead atoms. The van der Waals surface area contributed by atoms with E-state index in [9.17, 15) is 14.4 Å². The van der Waals surface area contributed by atoms with E-state index in [0.29, 0.717) is 0 Å². The Hall–Kier alpha value is -2.26. The van der Waals surface area contributed by atoms with Crippen molar-refractivity contribution < 1.29 is 30.0 Å². The quantitative estimate of drug-likeness (QED) is 0.396. The van der Waals surface area contributed by atoms with E-state index >= 15 is 0 Å². The molecule has 1 aromatic rings. The Bertz CT molecular complexity index is 394. The van der Waals surface area contributed by atoms with Gasteiger partial charge in [0.05, 0.1) is 0 Å². The highest BCUT2D eigenvalue weighted by Crippen LogP contribution is 1.92. The number of aromatic amines is 1. The van der Waals surface area contributed by atoms with Crippen LogP contribution in [0.25, 0.3) is 0 Å². The molecule has 0 saturated carbocycles. The van der Waals surface area contributed by atoms with Crippen LogP contribution in [0, 0.1) is 0 Å². The highest BCUT2D eigenvalue weighted by Gasteiger charge is 2.29. The van der Waals surface area contributed by atoms with E-state index < -0.39 is 24.1 Å². The first-order valence-electron chi connectivity index (χ1n) is 4.17. The van der Waals surface area contributed by atoms with Crippen molar-refractivity contribution >= 4 is 11.9 Å². The summed E-state index contributed by atoms with van der Waals surface area (Å²) in [4.78, 5) is 29.7. The van der Waals surface area contributed by atoms with Crippen LogP contribution in [0.5, 0.6) is 0 Å². The van der Waals surface area contributed by atoms with Gasteiger partial charge < -0.3 is 20.4 Å². The largest absolute Gasteiger partial charge is 0.479 e. The number of aliphatic hydroxyl groups excluding tert-OH is 2. The lowest BCUT2D eigenvalue weighted by Crippen LogP contribution is -2.39. The Morgan fingerprint density at radius 3 is 1.82 bits per heavy atom. The van der Waals surface area contributed by atoms with E-state index in [1.54, 1.807) is 6.07 Å². The molecule has 0 fully saturated rings. The van der Waals surface area contributed by atoms with Gasteiger partial charge in [-0.2, -0.15) is 5.10 Å². The van der Waals surface area contributed by atoms with E-state index in [1.165, 1.54) is 12.3 Å². The Morgan fingerprint density at radius 2 is 1.65 bits per heavy atom. The molecule has 2 atom stereocenters. The SMILES string of the molecule is O=C(O)[C@H](O)[C@@H](O)C(=O)O.O=c1cccn[nH]1. The predicted octanol–water partition coefficient (Wildman–Crippen LogP) is -2.35. The van der Waals surface area contributed by atoms with Crippen LogP contribution in [0.2, 0.25) is 0 Å². The van der Waals surface area contributed by atoms with Gasteiger partial charge in [-0.15, -0.1) is 0 Å². The monoisotopic (exact) mass is 246 g/mol. The van der Waals surface area contributed by atoms with E-state index in [1.807, 2.05) is 0 Å². The second kappa shape index (κ2) is 7.09. The van der Waals surface area contributed by atoms with Gasteiger partial charge in [0.1, 0.15) is 0 Å². The summed E-state index contributed by atoms with van der Waals surface area (Å²) in [7, 11) is 0. The fourth-order valence-electron chi connectivity index (χ4n) is 0.582. The Morgan fingerprint density at radius 1 is 1.18 bits per heavy atom. The van der Waals surface area contributed by atoms with Crippen molar-refractivity contribution in [2.75, 3.05) is 0 Å². The molecule has 0 radical (unpaired) electrons. The molecule has 0 aliphatic heterocycles. The van der Waals surface area contributed by atoms with Crippen molar-refractivity contribution in [3.8, 4) is 0 Å². The first-order valence-corrected chi connectivity index (χ1v) is 4.17. The van der Waals surface area contributed by atoms with Gasteiger partial charge in [-0.05, 0) is 6.07 Å². The number of rotatable bonds is 3. The molecule has 5 N–H and O–H groups in total. The first kappa shape index (κ1) is 14.7. The molecule has 0 amide bonds. The minimum absolute atomic E-state index is 0.164. The van der Waals surface area contributed by atoms with Crippen LogP contribution in [-0.2, 0) is 9.59 Å². The zero-order valence-electron chi connectivity index (χ0n) is 8.35. The summed E-state index contributed by atoms with van der Waals surface area (Å²) < 4.78 is 0. The molecule has 1 aromatic heterocycles. The van der Waals surface area contributed by atoms with Gasteiger partial charge in [0.15, 0.2) is 12.2 Å². The molecule has 0 saturated heterocycles. The zero-order valence-corrected chi connectivity index (χ0v) is 8.35. The van der Waals surface area contributed by atoms with E-state index in [4.69, 9.17) is 20.4 Å². The van der Waals surface area contributed by atoms with Gasteiger partial charge in [0.25, 0.3) is 5.56 Å². The number of nitrogens with zero attached hydrogens (tertiary/aromatic N) is 1. The van der Waals surface area contributed by atoms with Gasteiger partial charge in [0.2, 0.25) is 0 Å². The lowest BCUT2D eigenvalue weighted by Gasteiger charge is -2.07. The third-order valence-electron chi connectivity index (χ3n) is 1.39. The second-order valence-electron chi connectivity index (χ2n) is 2.68. The topological polar surface area (TPSA) is 161 Å². The number of nitrogens with one attached hydrogen (secondary N) is 1. The van der Waals surface area contributed by atoms with Crippen molar-refractivity contribution in [3.63, 3.8) is 0 Å². The summed E-state index contributed by atoms with van der Waals surface area (Å²) in [5.74, 6) is -3.54. The summed E-state index contributed by atoms with van der Waals surface area (Å²) in [5, 5.41) is 38.2. The standard InChI is InChI=1S/C4H4N2O.C4H6O6/c7-4-2-1-3-5-6-4;5-1(3(7)8)2(6)4(9)10/h1-3H,(H,6,7);1-2,5-6H,(H,7,8)(H,9,10)/t;1-,2-/m.1/s1. The number of carbonyl (C=O) groups is 2. The highest BCUT2D eigenvalue weighted by atomic mass is 16.4. The van der Waals surface area contributed by atoms with Gasteiger partial charge >= 0.3 is 11.9 Å². The van der Waals surface area contributed by atoms with Crippen LogP contribution >= 0.6 is 0 Å². The summed E-state index contributed by atoms with van der Waals surface area (Å²) >= 11 is 0. The van der Waals surface area contributed by atoms with Crippen LogP contribution in [0.15, 0.2) is 23.1 Å². The molecule has 17 heavy (non-hydrogen) atoms. The van der Waals surface area contributed by atoms with Crippen LogP contribution in [0.1, 0.15) is 0 Å². The second-order valence-corrected chi connectivity index (χ2v) is 2.68. The predicted molar refractivity (Wildman–Crippen MR) is 52.1 cm³/mol. The number of aromatic nitrogens is 2. The number of carboxylic acid groups (broad SMARTS) is 2. The number of hydrogen-bond acceptors (Lipinski definition) is 6. The van der Waals surface area contributed by atoms with Crippen molar-refractivity contribution in [1.29, 1.82) is 0 Å². The highest BCUT2D eigenvalue weighted by molar-refractivity contribution is 5.83. The lowest BCUT2D eigenvalue weighted by atomic mass is 10.2. The molecule has 94 valence electrons. The zero-order chi connectivity index (χ0) is 13.4. The van der Waals surface area contributed by atoms with E-state index in [0.717, 1.165) is 0 Å². The summed E-state index contributed by atoms with van der Waals surface area (Å²) in [5.41, 5.74) is -0.164. The lowest BCUT2D eigenvalue weighted by molar-refractivity contribution is -0.165. The number of H-pyrrole nitrogens is 1. The molecule has 9 heteroatoms. The van der Waals surface area contributed by atoms with Gasteiger partial charge in [0, 0.05) is 12.3 Å². The summed E-state index contributed by atoms with van der Waals surface area (Å²) in [6.45, 7) is 0. The first-order chi connectivity index (χ1) is 7.86. The third-order valence-corrected chi connectivity index (χ3v) is 1.39. The van der Waals surface area contributed by atoms with Crippen LogP contribution in [-0.4, -0.2) is 54.8 Å². The molecular formula is C8H10N2O7. The molecule has 9 nitrogen and oxygen atoms in total. The van der Waals surface area contributed by atoms with Crippen molar-refractivity contribution in [1.82, 2.24) is 10.2 Å². The minimum atomic E-state index is -2.27. The van der Waals surface area contributed by atoms with Gasteiger partial charge in [-0.1, -0.05) is 0 Å². The van der Waals surface area contributed by atoms with E-state index in [-0.39, 0.29) is 5.56 Å². The summed E-state index contributed by atoms with van der Waals surface area (Å²) in [6.07, 6.45) is -3.02. The molecule has 0 aliphatic carbocycles. The molecule has 0 unspecified atom stereocenters. The van der Waals surface area contributed by atoms with Crippen molar-refractivity contribution in [3.05, 3.63) is 28.7 Å². The average molecular weight is 246 g/mol.